The van der Waals surface area contributed by atoms with E-state index >= 15 is 0 Å². The minimum absolute atomic E-state index is 0.0374. The Morgan fingerprint density at radius 3 is 2.60 bits per heavy atom. The predicted octanol–water partition coefficient (Wildman–Crippen LogP) is -0.665. The van der Waals surface area contributed by atoms with Gasteiger partial charge in [-0.1, -0.05) is 0 Å². The molecular weight excluding hydrogens is 194 g/mol. The van der Waals surface area contributed by atoms with Gasteiger partial charge in [-0.25, -0.2) is 0 Å². The molecule has 1 aliphatic rings. The second kappa shape index (κ2) is 6.40. The lowest BCUT2D eigenvalue weighted by molar-refractivity contribution is -0.132. The van der Waals surface area contributed by atoms with E-state index in [9.17, 15) is 9.59 Å². The summed E-state index contributed by atoms with van der Waals surface area (Å²) in [5.74, 6) is 0.159. The van der Waals surface area contributed by atoms with Crippen LogP contribution in [0.3, 0.4) is 0 Å². The lowest BCUT2D eigenvalue weighted by atomic mass is 10.2. The van der Waals surface area contributed by atoms with Crippen molar-refractivity contribution in [3.05, 3.63) is 0 Å². The largest absolute Gasteiger partial charge is 0.356 e. The van der Waals surface area contributed by atoms with Gasteiger partial charge in [0.15, 0.2) is 0 Å². The number of piperazine rings is 1. The molecule has 0 spiro atoms. The second-order valence-corrected chi connectivity index (χ2v) is 3.72. The Bertz CT molecular complexity index is 225. The maximum atomic E-state index is 11.6. The summed E-state index contributed by atoms with van der Waals surface area (Å²) in [6, 6.07) is 0. The molecule has 0 saturated carbocycles. The molecule has 0 atom stereocenters. The molecule has 5 nitrogen and oxygen atoms in total. The summed E-state index contributed by atoms with van der Waals surface area (Å²) in [6.45, 7) is 5.46. The van der Waals surface area contributed by atoms with E-state index in [-0.39, 0.29) is 11.8 Å². The fourth-order valence-electron chi connectivity index (χ4n) is 1.58. The molecule has 0 aromatic carbocycles. The maximum absolute atomic E-state index is 11.6. The van der Waals surface area contributed by atoms with E-state index in [1.54, 1.807) is 0 Å². The Kier molecular flexibility index (Phi) is 5.10. The van der Waals surface area contributed by atoms with Gasteiger partial charge in [-0.15, -0.1) is 0 Å². The molecule has 0 aromatic rings. The molecule has 1 aliphatic heterocycles. The number of rotatable bonds is 4. The molecule has 2 N–H and O–H groups in total. The van der Waals surface area contributed by atoms with E-state index in [1.165, 1.54) is 6.92 Å². The third-order valence-corrected chi connectivity index (χ3v) is 2.41. The van der Waals surface area contributed by atoms with Gasteiger partial charge in [0.05, 0.1) is 0 Å². The Hall–Kier alpha value is -1.10. The van der Waals surface area contributed by atoms with Crippen LogP contribution < -0.4 is 10.6 Å². The van der Waals surface area contributed by atoms with Crippen LogP contribution in [0.2, 0.25) is 0 Å². The van der Waals surface area contributed by atoms with Gasteiger partial charge >= 0.3 is 0 Å². The summed E-state index contributed by atoms with van der Waals surface area (Å²) < 4.78 is 0. The van der Waals surface area contributed by atoms with Gasteiger partial charge < -0.3 is 15.5 Å². The van der Waals surface area contributed by atoms with Gasteiger partial charge in [0, 0.05) is 46.1 Å². The van der Waals surface area contributed by atoms with Gasteiger partial charge in [-0.3, -0.25) is 9.59 Å². The molecule has 0 bridgehead atoms. The molecule has 1 rings (SSSR count). The molecule has 15 heavy (non-hydrogen) atoms. The number of nitrogens with zero attached hydrogens (tertiary/aromatic N) is 1. The third kappa shape index (κ3) is 4.78. The van der Waals surface area contributed by atoms with Crippen molar-refractivity contribution in [3.8, 4) is 0 Å². The van der Waals surface area contributed by atoms with Crippen LogP contribution in [0.5, 0.6) is 0 Å². The minimum atomic E-state index is -0.0374. The van der Waals surface area contributed by atoms with E-state index in [1.807, 2.05) is 4.90 Å². The van der Waals surface area contributed by atoms with Gasteiger partial charge in [0.1, 0.15) is 0 Å². The fraction of sp³-hybridized carbons (Fsp3) is 0.800. The van der Waals surface area contributed by atoms with Crippen LogP contribution >= 0.6 is 0 Å². The Balaban J connectivity index is 2.09. The SMILES string of the molecule is CC(=O)NCCCC(=O)N1CCNCC1. The first-order valence-corrected chi connectivity index (χ1v) is 5.43. The molecule has 86 valence electrons. The van der Waals surface area contributed by atoms with Gasteiger partial charge in [-0.05, 0) is 6.42 Å². The van der Waals surface area contributed by atoms with Crippen molar-refractivity contribution in [2.75, 3.05) is 32.7 Å². The molecule has 1 fully saturated rings. The van der Waals surface area contributed by atoms with Crippen molar-refractivity contribution in [3.63, 3.8) is 0 Å². The van der Waals surface area contributed by atoms with Crippen molar-refractivity contribution in [2.24, 2.45) is 0 Å². The number of carbonyl (C=O) groups is 2. The average molecular weight is 213 g/mol. The van der Waals surface area contributed by atoms with Crippen LogP contribution in [0.15, 0.2) is 0 Å². The predicted molar refractivity (Wildman–Crippen MR) is 57.4 cm³/mol. The van der Waals surface area contributed by atoms with Crippen LogP contribution in [0.4, 0.5) is 0 Å². The van der Waals surface area contributed by atoms with Crippen LogP contribution in [0, 0.1) is 0 Å². The summed E-state index contributed by atoms with van der Waals surface area (Å²) in [5.41, 5.74) is 0. The topological polar surface area (TPSA) is 61.4 Å². The number of nitrogens with one attached hydrogen (secondary N) is 2. The normalized spacial score (nSPS) is 16.2. The van der Waals surface area contributed by atoms with Crippen LogP contribution in [-0.2, 0) is 9.59 Å². The highest BCUT2D eigenvalue weighted by atomic mass is 16.2. The Labute approximate surface area is 90.2 Å². The fourth-order valence-corrected chi connectivity index (χ4v) is 1.58. The molecule has 0 unspecified atom stereocenters. The highest BCUT2D eigenvalue weighted by Crippen LogP contribution is 1.99. The molecule has 1 saturated heterocycles. The molecule has 0 aromatic heterocycles. The summed E-state index contributed by atoms with van der Waals surface area (Å²) in [7, 11) is 0. The first-order chi connectivity index (χ1) is 7.20. The van der Waals surface area contributed by atoms with E-state index in [0.29, 0.717) is 13.0 Å². The summed E-state index contributed by atoms with van der Waals surface area (Å²) in [5, 5.41) is 5.88. The lowest BCUT2D eigenvalue weighted by Crippen LogP contribution is -2.46. The monoisotopic (exact) mass is 213 g/mol. The van der Waals surface area contributed by atoms with Crippen molar-refractivity contribution in [1.29, 1.82) is 0 Å². The Morgan fingerprint density at radius 1 is 1.33 bits per heavy atom. The van der Waals surface area contributed by atoms with Crippen molar-refractivity contribution >= 4 is 11.8 Å². The van der Waals surface area contributed by atoms with Crippen molar-refractivity contribution < 1.29 is 9.59 Å². The lowest BCUT2D eigenvalue weighted by Gasteiger charge is -2.27. The zero-order chi connectivity index (χ0) is 11.1. The Morgan fingerprint density at radius 2 is 2.00 bits per heavy atom. The average Bonchev–Trinajstić information content (AvgIpc) is 2.25. The number of hydrogen-bond acceptors (Lipinski definition) is 3. The molecule has 1 heterocycles. The van der Waals surface area contributed by atoms with Gasteiger partial charge in [-0.2, -0.15) is 0 Å². The van der Waals surface area contributed by atoms with E-state index < -0.39 is 0 Å². The minimum Gasteiger partial charge on any atom is -0.356 e. The highest BCUT2D eigenvalue weighted by molar-refractivity contribution is 5.76. The van der Waals surface area contributed by atoms with Crippen LogP contribution in [-0.4, -0.2) is 49.4 Å². The van der Waals surface area contributed by atoms with E-state index in [0.717, 1.165) is 32.6 Å². The van der Waals surface area contributed by atoms with Crippen molar-refractivity contribution in [1.82, 2.24) is 15.5 Å². The first-order valence-electron chi connectivity index (χ1n) is 5.43. The molecule has 2 amide bonds. The molecular formula is C10H19N3O2. The standard InChI is InChI=1S/C10H19N3O2/c1-9(14)12-4-2-3-10(15)13-7-5-11-6-8-13/h11H,2-8H2,1H3,(H,12,14). The summed E-state index contributed by atoms with van der Waals surface area (Å²) in [6.07, 6.45) is 1.25. The van der Waals surface area contributed by atoms with Gasteiger partial charge in [0.25, 0.3) is 0 Å². The first kappa shape index (κ1) is 12.0. The number of carbonyl (C=O) groups excluding carboxylic acids is 2. The quantitative estimate of drug-likeness (QED) is 0.609. The maximum Gasteiger partial charge on any atom is 0.222 e. The second-order valence-electron chi connectivity index (χ2n) is 3.72. The zero-order valence-corrected chi connectivity index (χ0v) is 9.21. The summed E-state index contributed by atoms with van der Waals surface area (Å²) in [4.78, 5) is 24.1. The number of hydrogen-bond donors (Lipinski definition) is 2. The van der Waals surface area contributed by atoms with Crippen molar-refractivity contribution in [2.45, 2.75) is 19.8 Å². The van der Waals surface area contributed by atoms with E-state index in [4.69, 9.17) is 0 Å². The van der Waals surface area contributed by atoms with Crippen LogP contribution in [0.25, 0.3) is 0 Å². The molecule has 5 heteroatoms. The van der Waals surface area contributed by atoms with E-state index in [2.05, 4.69) is 10.6 Å². The summed E-state index contributed by atoms with van der Waals surface area (Å²) >= 11 is 0. The third-order valence-electron chi connectivity index (χ3n) is 2.41. The smallest absolute Gasteiger partial charge is 0.222 e. The number of amides is 2. The van der Waals surface area contributed by atoms with Gasteiger partial charge in [0.2, 0.25) is 11.8 Å². The molecule has 0 aliphatic carbocycles. The molecule has 0 radical (unpaired) electrons. The van der Waals surface area contributed by atoms with Crippen LogP contribution in [0.1, 0.15) is 19.8 Å². The zero-order valence-electron chi connectivity index (χ0n) is 9.21. The highest BCUT2D eigenvalue weighted by Gasteiger charge is 2.14.